The minimum Gasteiger partial charge on any atom is -0.322 e. The van der Waals surface area contributed by atoms with Gasteiger partial charge < -0.3 is 10.6 Å². The van der Waals surface area contributed by atoms with E-state index in [9.17, 15) is 62.3 Å². The van der Waals surface area contributed by atoms with Crippen LogP contribution >= 0.6 is 0 Å². The summed E-state index contributed by atoms with van der Waals surface area (Å²) in [5, 5.41) is 3.65. The van der Waals surface area contributed by atoms with Gasteiger partial charge in [0.25, 0.3) is 11.8 Å². The van der Waals surface area contributed by atoms with E-state index in [2.05, 4.69) is 0 Å². The summed E-state index contributed by atoms with van der Waals surface area (Å²) in [6.07, 6.45) is -20.8. The maximum Gasteiger partial charge on any atom is 0.416 e. The number of rotatable bonds is 4. The molecule has 0 saturated carbocycles. The average molecular weight is 588 g/mol. The first-order valence-electron chi connectivity index (χ1n) is 10.5. The number of carbonyl (C=O) groups is 2. The Hall–Kier alpha value is -4.24. The fourth-order valence-electron chi connectivity index (χ4n) is 3.26. The predicted molar refractivity (Wildman–Crippen MR) is 115 cm³/mol. The van der Waals surface area contributed by atoms with Gasteiger partial charge in [-0.1, -0.05) is 6.07 Å². The molecule has 16 heteroatoms. The molecule has 4 nitrogen and oxygen atoms in total. The highest BCUT2D eigenvalue weighted by molar-refractivity contribution is 6.08. The first-order valence-corrected chi connectivity index (χ1v) is 10.5. The van der Waals surface area contributed by atoms with Crippen LogP contribution in [0.5, 0.6) is 0 Å². The van der Waals surface area contributed by atoms with Gasteiger partial charge in [0.05, 0.1) is 22.3 Å². The van der Waals surface area contributed by atoms with Gasteiger partial charge in [0, 0.05) is 22.5 Å². The topological polar surface area (TPSA) is 58.2 Å². The van der Waals surface area contributed by atoms with E-state index < -0.39 is 81.3 Å². The maximum absolute atomic E-state index is 13.0. The number of hydrogen-bond donors (Lipinski definition) is 2. The van der Waals surface area contributed by atoms with Crippen molar-refractivity contribution in [3.05, 3.63) is 94.0 Å². The lowest BCUT2D eigenvalue weighted by atomic mass is 10.1. The van der Waals surface area contributed by atoms with Crippen molar-refractivity contribution in [2.24, 2.45) is 0 Å². The Morgan fingerprint density at radius 1 is 0.450 bits per heavy atom. The molecule has 2 N–H and O–H groups in total. The van der Waals surface area contributed by atoms with E-state index in [4.69, 9.17) is 0 Å². The summed E-state index contributed by atoms with van der Waals surface area (Å²) in [5.74, 6) is -2.55. The van der Waals surface area contributed by atoms with E-state index in [-0.39, 0.29) is 36.4 Å². The summed E-state index contributed by atoms with van der Waals surface area (Å²) in [6, 6.07) is 4.38. The van der Waals surface area contributed by atoms with Crippen molar-refractivity contribution < 1.29 is 62.3 Å². The van der Waals surface area contributed by atoms with Gasteiger partial charge in [0.1, 0.15) is 0 Å². The molecule has 3 aromatic rings. The molecule has 3 aromatic carbocycles. The Labute approximate surface area is 215 Å². The number of hydrogen-bond acceptors (Lipinski definition) is 2. The summed E-state index contributed by atoms with van der Waals surface area (Å²) in [4.78, 5) is 25.0. The number of halogens is 12. The molecule has 0 aromatic heterocycles. The average Bonchev–Trinajstić information content (AvgIpc) is 2.81. The quantitative estimate of drug-likeness (QED) is 0.302. The molecule has 40 heavy (non-hydrogen) atoms. The molecule has 0 aliphatic carbocycles. The lowest BCUT2D eigenvalue weighted by molar-refractivity contribution is -0.144. The third kappa shape index (κ3) is 7.45. The smallest absolute Gasteiger partial charge is 0.322 e. The lowest BCUT2D eigenvalue weighted by Crippen LogP contribution is -2.18. The summed E-state index contributed by atoms with van der Waals surface area (Å²) in [7, 11) is 0. The van der Waals surface area contributed by atoms with Gasteiger partial charge in [-0.25, -0.2) is 0 Å². The number of benzene rings is 3. The Balaban J connectivity index is 1.89. The van der Waals surface area contributed by atoms with E-state index in [1.165, 1.54) is 0 Å². The molecular weight excluding hydrogens is 576 g/mol. The highest BCUT2D eigenvalue weighted by Crippen LogP contribution is 2.39. The summed E-state index contributed by atoms with van der Waals surface area (Å²) in [6.45, 7) is 0. The first-order chi connectivity index (χ1) is 18.1. The van der Waals surface area contributed by atoms with Crippen molar-refractivity contribution in [3.8, 4) is 0 Å². The van der Waals surface area contributed by atoms with Crippen LogP contribution in [0.2, 0.25) is 0 Å². The van der Waals surface area contributed by atoms with Crippen LogP contribution in [0, 0.1) is 0 Å². The SMILES string of the molecule is O=C(Nc1cc(C(F)(F)F)cc(C(F)(F)F)c1)c1cccc(C(=O)Nc2cc(C(F)(F)F)cc(C(F)(F)F)c2)c1. The Morgan fingerprint density at radius 2 is 0.725 bits per heavy atom. The number of amides is 2. The number of alkyl halides is 12. The molecule has 0 radical (unpaired) electrons. The van der Waals surface area contributed by atoms with E-state index in [0.29, 0.717) is 0 Å². The van der Waals surface area contributed by atoms with Crippen molar-refractivity contribution in [3.63, 3.8) is 0 Å². The lowest BCUT2D eigenvalue weighted by Gasteiger charge is -2.15. The minimum absolute atomic E-state index is 0.168. The highest BCUT2D eigenvalue weighted by Gasteiger charge is 2.38. The van der Waals surface area contributed by atoms with E-state index in [1.807, 2.05) is 10.6 Å². The normalized spacial score (nSPS) is 12.7. The van der Waals surface area contributed by atoms with E-state index >= 15 is 0 Å². The molecule has 0 saturated heterocycles. The van der Waals surface area contributed by atoms with Gasteiger partial charge >= 0.3 is 24.7 Å². The molecular formula is C24H12F12N2O2. The molecule has 0 heterocycles. The van der Waals surface area contributed by atoms with Crippen molar-refractivity contribution in [1.29, 1.82) is 0 Å². The van der Waals surface area contributed by atoms with Crippen LogP contribution in [-0.4, -0.2) is 11.8 Å². The molecule has 2 amide bonds. The van der Waals surface area contributed by atoms with Gasteiger partial charge in [0.15, 0.2) is 0 Å². The van der Waals surface area contributed by atoms with Crippen molar-refractivity contribution in [2.45, 2.75) is 24.7 Å². The standard InChI is InChI=1S/C24H12F12N2O2/c25-21(26,27)13-5-14(22(28,29)30)8-17(7-13)37-19(39)11-2-1-3-12(4-11)20(40)38-18-9-15(23(31,32)33)6-16(10-18)24(34,35)36/h1-10H,(H,37,39)(H,38,40). The molecule has 3 rings (SSSR count). The third-order valence-electron chi connectivity index (χ3n) is 5.08. The molecule has 0 atom stereocenters. The summed E-state index contributed by atoms with van der Waals surface area (Å²) < 4.78 is 157. The molecule has 0 aliphatic rings. The largest absolute Gasteiger partial charge is 0.416 e. The second-order valence-corrected chi connectivity index (χ2v) is 8.08. The highest BCUT2D eigenvalue weighted by atomic mass is 19.4. The van der Waals surface area contributed by atoms with Crippen LogP contribution in [0.25, 0.3) is 0 Å². The molecule has 0 aliphatic heterocycles. The van der Waals surface area contributed by atoms with Crippen LogP contribution < -0.4 is 10.6 Å². The fraction of sp³-hybridized carbons (Fsp3) is 0.167. The van der Waals surface area contributed by atoms with Gasteiger partial charge in [-0.3, -0.25) is 9.59 Å². The van der Waals surface area contributed by atoms with E-state index in [0.717, 1.165) is 24.3 Å². The zero-order valence-electron chi connectivity index (χ0n) is 19.1. The minimum atomic E-state index is -5.20. The number of nitrogens with one attached hydrogen (secondary N) is 2. The first kappa shape index (κ1) is 30.3. The summed E-state index contributed by atoms with van der Waals surface area (Å²) >= 11 is 0. The molecule has 0 bridgehead atoms. The van der Waals surface area contributed by atoms with E-state index in [1.54, 1.807) is 0 Å². The second kappa shape index (κ2) is 10.4. The molecule has 214 valence electrons. The van der Waals surface area contributed by atoms with Crippen molar-refractivity contribution in [1.82, 2.24) is 0 Å². The second-order valence-electron chi connectivity index (χ2n) is 8.08. The van der Waals surface area contributed by atoms with Crippen LogP contribution in [-0.2, 0) is 24.7 Å². The van der Waals surface area contributed by atoms with Gasteiger partial charge in [-0.15, -0.1) is 0 Å². The van der Waals surface area contributed by atoms with Crippen LogP contribution in [0.4, 0.5) is 64.1 Å². The van der Waals surface area contributed by atoms with Gasteiger partial charge in [0.2, 0.25) is 0 Å². The summed E-state index contributed by atoms with van der Waals surface area (Å²) in [5.41, 5.74) is -9.64. The van der Waals surface area contributed by atoms with Crippen molar-refractivity contribution >= 4 is 23.2 Å². The third-order valence-corrected chi connectivity index (χ3v) is 5.08. The Morgan fingerprint density at radius 3 is 0.975 bits per heavy atom. The maximum atomic E-state index is 13.0. The van der Waals surface area contributed by atoms with Crippen LogP contribution in [0.1, 0.15) is 43.0 Å². The van der Waals surface area contributed by atoms with Crippen LogP contribution in [0.3, 0.4) is 0 Å². The molecule has 0 fully saturated rings. The number of carbonyl (C=O) groups excluding carboxylic acids is 2. The van der Waals surface area contributed by atoms with Gasteiger partial charge in [-0.2, -0.15) is 52.7 Å². The number of anilines is 2. The zero-order valence-corrected chi connectivity index (χ0v) is 19.1. The monoisotopic (exact) mass is 588 g/mol. The fourth-order valence-corrected chi connectivity index (χ4v) is 3.26. The molecule has 0 spiro atoms. The Bertz CT molecular complexity index is 1270. The Kier molecular flexibility index (Phi) is 7.87. The van der Waals surface area contributed by atoms with Crippen LogP contribution in [0.15, 0.2) is 60.7 Å². The zero-order chi connectivity index (χ0) is 30.3. The van der Waals surface area contributed by atoms with Gasteiger partial charge in [-0.05, 0) is 54.6 Å². The molecule has 0 unspecified atom stereocenters. The predicted octanol–water partition coefficient (Wildman–Crippen LogP) is 8.27. The van der Waals surface area contributed by atoms with Crippen molar-refractivity contribution in [2.75, 3.05) is 10.6 Å².